The number of rotatable bonds is 3. The first-order valence-electron chi connectivity index (χ1n) is 9.03. The van der Waals surface area contributed by atoms with Gasteiger partial charge < -0.3 is 15.1 Å². The molecule has 25 heavy (non-hydrogen) atoms. The number of amides is 1. The van der Waals surface area contributed by atoms with Gasteiger partial charge >= 0.3 is 0 Å². The summed E-state index contributed by atoms with van der Waals surface area (Å²) < 4.78 is 14.3. The zero-order chi connectivity index (χ0) is 17.8. The van der Waals surface area contributed by atoms with Gasteiger partial charge in [-0.1, -0.05) is 0 Å². The molecule has 134 valence electrons. The minimum absolute atomic E-state index is 0.151. The number of hydrogen-bond donors (Lipinski definition) is 1. The molecule has 1 aromatic rings. The lowest BCUT2D eigenvalue weighted by Gasteiger charge is -2.39. The molecule has 2 heterocycles. The van der Waals surface area contributed by atoms with Crippen molar-refractivity contribution >= 4 is 11.6 Å². The number of anilines is 1. The number of nitriles is 1. The molecule has 0 bridgehead atoms. The van der Waals surface area contributed by atoms with Crippen LogP contribution in [-0.2, 0) is 4.79 Å². The maximum atomic E-state index is 14.3. The molecule has 1 atom stereocenters. The quantitative estimate of drug-likeness (QED) is 0.914. The summed E-state index contributed by atoms with van der Waals surface area (Å²) in [6.45, 7) is 4.86. The molecular weight excluding hydrogens is 319 g/mol. The maximum absolute atomic E-state index is 14.3. The van der Waals surface area contributed by atoms with Crippen molar-refractivity contribution < 1.29 is 9.18 Å². The van der Waals surface area contributed by atoms with E-state index >= 15 is 0 Å². The summed E-state index contributed by atoms with van der Waals surface area (Å²) >= 11 is 0. The average molecular weight is 344 g/mol. The van der Waals surface area contributed by atoms with Crippen LogP contribution in [0, 0.1) is 17.1 Å². The molecule has 0 saturated carbocycles. The van der Waals surface area contributed by atoms with Crippen molar-refractivity contribution in [1.82, 2.24) is 10.2 Å². The van der Waals surface area contributed by atoms with E-state index < -0.39 is 0 Å². The van der Waals surface area contributed by atoms with E-state index in [2.05, 4.69) is 10.2 Å². The monoisotopic (exact) mass is 344 g/mol. The fraction of sp³-hybridized carbons (Fsp3) is 0.579. The predicted molar refractivity (Wildman–Crippen MR) is 94.8 cm³/mol. The van der Waals surface area contributed by atoms with Gasteiger partial charge in [0.2, 0.25) is 5.91 Å². The number of nitrogens with one attached hydrogen (secondary N) is 1. The average Bonchev–Trinajstić information content (AvgIpc) is 2.62. The van der Waals surface area contributed by atoms with E-state index in [0.717, 1.165) is 51.9 Å². The van der Waals surface area contributed by atoms with Crippen LogP contribution in [0.2, 0.25) is 0 Å². The van der Waals surface area contributed by atoms with Crippen LogP contribution in [0.15, 0.2) is 18.2 Å². The molecule has 2 aliphatic rings. The summed E-state index contributed by atoms with van der Waals surface area (Å²) in [5, 5.41) is 12.6. The van der Waals surface area contributed by atoms with Crippen LogP contribution in [0.5, 0.6) is 0 Å². The lowest BCUT2D eigenvalue weighted by Crippen LogP contribution is -2.52. The Morgan fingerprint density at radius 2 is 2.00 bits per heavy atom. The van der Waals surface area contributed by atoms with Crippen molar-refractivity contribution in [3.8, 4) is 6.07 Å². The molecule has 1 aromatic carbocycles. The van der Waals surface area contributed by atoms with Crippen LogP contribution in [0.3, 0.4) is 0 Å². The SMILES string of the molecule is CC(=O)N1CCC(N[C@H]2CCCN(c3ccc(C#N)cc3F)C2)CC1. The van der Waals surface area contributed by atoms with Crippen molar-refractivity contribution in [3.05, 3.63) is 29.6 Å². The number of halogens is 1. The molecule has 6 heteroatoms. The Balaban J connectivity index is 1.57. The summed E-state index contributed by atoms with van der Waals surface area (Å²) in [6.07, 6.45) is 4.05. The van der Waals surface area contributed by atoms with Crippen LogP contribution in [0.1, 0.15) is 38.2 Å². The topological polar surface area (TPSA) is 59.4 Å². The number of hydrogen-bond acceptors (Lipinski definition) is 4. The van der Waals surface area contributed by atoms with Crippen molar-refractivity contribution in [2.75, 3.05) is 31.1 Å². The Morgan fingerprint density at radius 3 is 2.64 bits per heavy atom. The second-order valence-corrected chi connectivity index (χ2v) is 7.01. The molecular formula is C19H25FN4O. The van der Waals surface area contributed by atoms with Crippen LogP contribution >= 0.6 is 0 Å². The minimum atomic E-state index is -0.325. The molecule has 0 aliphatic carbocycles. The third-order valence-corrected chi connectivity index (χ3v) is 5.25. The molecule has 2 aliphatic heterocycles. The predicted octanol–water partition coefficient (Wildman–Crippen LogP) is 2.27. The van der Waals surface area contributed by atoms with Gasteiger partial charge in [0.15, 0.2) is 0 Å². The Bertz CT molecular complexity index is 664. The van der Waals surface area contributed by atoms with Gasteiger partial charge in [0.05, 0.1) is 17.3 Å². The Labute approximate surface area is 148 Å². The van der Waals surface area contributed by atoms with E-state index in [1.54, 1.807) is 19.1 Å². The van der Waals surface area contributed by atoms with Crippen LogP contribution in [0.25, 0.3) is 0 Å². The maximum Gasteiger partial charge on any atom is 0.219 e. The van der Waals surface area contributed by atoms with Gasteiger partial charge in [-0.25, -0.2) is 4.39 Å². The van der Waals surface area contributed by atoms with Gasteiger partial charge in [-0.15, -0.1) is 0 Å². The highest BCUT2D eigenvalue weighted by Gasteiger charge is 2.26. The summed E-state index contributed by atoms with van der Waals surface area (Å²) in [4.78, 5) is 15.4. The Hall–Kier alpha value is -2.13. The first-order chi connectivity index (χ1) is 12.1. The zero-order valence-electron chi connectivity index (χ0n) is 14.7. The largest absolute Gasteiger partial charge is 0.368 e. The van der Waals surface area contributed by atoms with Crippen molar-refractivity contribution in [3.63, 3.8) is 0 Å². The summed E-state index contributed by atoms with van der Waals surface area (Å²) in [7, 11) is 0. The lowest BCUT2D eigenvalue weighted by atomic mass is 9.99. The standard InChI is InChI=1S/C19H25FN4O/c1-14(25)23-9-6-16(7-10-23)22-17-3-2-8-24(13-17)19-5-4-15(12-21)11-18(19)20/h4-5,11,16-17,22H,2-3,6-10,13H2,1H3/t17-/m0/s1. The Morgan fingerprint density at radius 1 is 1.24 bits per heavy atom. The molecule has 0 unspecified atom stereocenters. The smallest absolute Gasteiger partial charge is 0.219 e. The number of nitrogens with zero attached hydrogens (tertiary/aromatic N) is 3. The van der Waals surface area contributed by atoms with Crippen molar-refractivity contribution in [1.29, 1.82) is 5.26 Å². The third kappa shape index (κ3) is 4.29. The highest BCUT2D eigenvalue weighted by atomic mass is 19.1. The van der Waals surface area contributed by atoms with Crippen molar-refractivity contribution in [2.45, 2.75) is 44.7 Å². The zero-order valence-corrected chi connectivity index (χ0v) is 14.7. The van der Waals surface area contributed by atoms with E-state index in [4.69, 9.17) is 5.26 Å². The van der Waals surface area contributed by atoms with Crippen LogP contribution < -0.4 is 10.2 Å². The van der Waals surface area contributed by atoms with E-state index in [-0.39, 0.29) is 11.7 Å². The highest BCUT2D eigenvalue weighted by molar-refractivity contribution is 5.73. The van der Waals surface area contributed by atoms with Crippen LogP contribution in [0.4, 0.5) is 10.1 Å². The number of likely N-dealkylation sites (tertiary alicyclic amines) is 1. The van der Waals surface area contributed by atoms with Gasteiger partial charge in [-0.05, 0) is 43.9 Å². The molecule has 2 fully saturated rings. The van der Waals surface area contributed by atoms with Gasteiger partial charge in [0, 0.05) is 45.2 Å². The van der Waals surface area contributed by atoms with Gasteiger partial charge in [-0.3, -0.25) is 4.79 Å². The normalized spacial score (nSPS) is 21.9. The van der Waals surface area contributed by atoms with Crippen LogP contribution in [-0.4, -0.2) is 49.1 Å². The first-order valence-corrected chi connectivity index (χ1v) is 9.03. The van der Waals surface area contributed by atoms with Gasteiger partial charge in [0.1, 0.15) is 5.82 Å². The molecule has 1 N–H and O–H groups in total. The number of carbonyl (C=O) groups excluding carboxylic acids is 1. The molecule has 5 nitrogen and oxygen atoms in total. The van der Waals surface area contributed by atoms with E-state index in [0.29, 0.717) is 23.3 Å². The highest BCUT2D eigenvalue weighted by Crippen LogP contribution is 2.25. The second-order valence-electron chi connectivity index (χ2n) is 7.01. The number of benzene rings is 1. The summed E-state index contributed by atoms with van der Waals surface area (Å²) in [5.41, 5.74) is 0.932. The lowest BCUT2D eigenvalue weighted by molar-refractivity contribution is -0.129. The van der Waals surface area contributed by atoms with Crippen molar-refractivity contribution in [2.24, 2.45) is 0 Å². The van der Waals surface area contributed by atoms with Gasteiger partial charge in [0.25, 0.3) is 0 Å². The fourth-order valence-corrected chi connectivity index (χ4v) is 3.86. The number of carbonyl (C=O) groups is 1. The fourth-order valence-electron chi connectivity index (χ4n) is 3.86. The second kappa shape index (κ2) is 7.83. The Kier molecular flexibility index (Phi) is 5.54. The molecule has 1 amide bonds. The molecule has 3 rings (SSSR count). The van der Waals surface area contributed by atoms with E-state index in [9.17, 15) is 9.18 Å². The molecule has 2 saturated heterocycles. The summed E-state index contributed by atoms with van der Waals surface area (Å²) in [5.74, 6) is -0.173. The van der Waals surface area contributed by atoms with Gasteiger partial charge in [-0.2, -0.15) is 5.26 Å². The molecule has 0 spiro atoms. The first kappa shape index (κ1) is 17.7. The van der Waals surface area contributed by atoms with E-state index in [1.807, 2.05) is 11.0 Å². The van der Waals surface area contributed by atoms with E-state index in [1.165, 1.54) is 6.07 Å². The minimum Gasteiger partial charge on any atom is -0.368 e. The third-order valence-electron chi connectivity index (χ3n) is 5.25. The number of piperidine rings is 2. The summed E-state index contributed by atoms with van der Waals surface area (Å²) in [6, 6.07) is 7.42. The molecule has 0 radical (unpaired) electrons. The molecule has 0 aromatic heterocycles.